The largest absolute Gasteiger partial charge is 0.466 e. The molecule has 0 saturated carbocycles. The number of hydrogen-bond acceptors (Lipinski definition) is 3. The van der Waals surface area contributed by atoms with Crippen LogP contribution in [0.25, 0.3) is 0 Å². The van der Waals surface area contributed by atoms with Crippen molar-refractivity contribution in [1.82, 2.24) is 5.32 Å². The Balaban J connectivity index is 2.01. The molecule has 0 aliphatic carbocycles. The van der Waals surface area contributed by atoms with Crippen LogP contribution in [0.5, 0.6) is 0 Å². The zero-order valence-electron chi connectivity index (χ0n) is 14.3. The first-order valence-corrected chi connectivity index (χ1v) is 8.55. The van der Waals surface area contributed by atoms with Crippen LogP contribution in [0.3, 0.4) is 0 Å². The first-order chi connectivity index (χ1) is 12.2. The summed E-state index contributed by atoms with van der Waals surface area (Å²) >= 11 is 0. The highest BCUT2D eigenvalue weighted by Crippen LogP contribution is 2.35. The van der Waals surface area contributed by atoms with Gasteiger partial charge in [0.15, 0.2) is 0 Å². The van der Waals surface area contributed by atoms with Crippen LogP contribution in [0.1, 0.15) is 30.4 Å². The Morgan fingerprint density at radius 1 is 1.16 bits per heavy atom. The van der Waals surface area contributed by atoms with E-state index in [4.69, 9.17) is 4.74 Å². The van der Waals surface area contributed by atoms with Crippen LogP contribution in [0.15, 0.2) is 54.6 Å². The van der Waals surface area contributed by atoms with E-state index in [0.717, 1.165) is 16.8 Å². The number of anilines is 1. The van der Waals surface area contributed by atoms with Gasteiger partial charge in [-0.3, -0.25) is 9.69 Å². The minimum atomic E-state index is -0.239. The second-order valence-corrected chi connectivity index (χ2v) is 5.91. The van der Waals surface area contributed by atoms with Crippen LogP contribution in [0, 0.1) is 0 Å². The first kappa shape index (κ1) is 17.0. The van der Waals surface area contributed by atoms with E-state index in [1.165, 1.54) is 0 Å². The molecule has 2 aromatic rings. The Bertz CT molecular complexity index is 746. The van der Waals surface area contributed by atoms with Gasteiger partial charge in [-0.1, -0.05) is 48.5 Å². The van der Waals surface area contributed by atoms with E-state index in [1.807, 2.05) is 54.6 Å². The Morgan fingerprint density at radius 2 is 1.88 bits per heavy atom. The van der Waals surface area contributed by atoms with E-state index in [1.54, 1.807) is 11.8 Å². The number of benzene rings is 2. The second kappa shape index (κ2) is 7.83. The lowest BCUT2D eigenvalue weighted by Gasteiger charge is -2.24. The number of urea groups is 1. The number of para-hydroxylation sites is 1. The molecule has 1 N–H and O–H groups in total. The van der Waals surface area contributed by atoms with Crippen LogP contribution in [-0.2, 0) is 9.53 Å². The van der Waals surface area contributed by atoms with Crippen LogP contribution in [0.4, 0.5) is 10.5 Å². The van der Waals surface area contributed by atoms with Crippen molar-refractivity contribution in [3.8, 4) is 0 Å². The maximum absolute atomic E-state index is 12.2. The van der Waals surface area contributed by atoms with Crippen molar-refractivity contribution >= 4 is 17.7 Å². The Kier molecular flexibility index (Phi) is 5.33. The summed E-state index contributed by atoms with van der Waals surface area (Å²) in [5, 5.41) is 2.83. The summed E-state index contributed by atoms with van der Waals surface area (Å²) in [4.78, 5) is 26.0. The molecule has 1 aliphatic heterocycles. The molecular weight excluding hydrogens is 316 g/mol. The van der Waals surface area contributed by atoms with Crippen LogP contribution >= 0.6 is 0 Å². The number of ether oxygens (including phenoxy) is 1. The van der Waals surface area contributed by atoms with Gasteiger partial charge < -0.3 is 10.1 Å². The second-order valence-electron chi connectivity index (χ2n) is 5.91. The van der Waals surface area contributed by atoms with E-state index in [0.29, 0.717) is 19.7 Å². The lowest BCUT2D eigenvalue weighted by Crippen LogP contribution is -2.29. The maximum Gasteiger partial charge on any atom is 0.322 e. The molecule has 1 aliphatic rings. The van der Waals surface area contributed by atoms with Gasteiger partial charge in [0.2, 0.25) is 0 Å². The fourth-order valence-electron chi connectivity index (χ4n) is 3.21. The molecule has 130 valence electrons. The van der Waals surface area contributed by atoms with Gasteiger partial charge in [0.25, 0.3) is 0 Å². The molecular formula is C20H22N2O3. The number of nitrogens with zero attached hydrogens (tertiary/aromatic N) is 1. The number of carbonyl (C=O) groups excluding carboxylic acids is 2. The summed E-state index contributed by atoms with van der Waals surface area (Å²) in [6, 6.07) is 17.5. The van der Waals surface area contributed by atoms with Gasteiger partial charge in [0, 0.05) is 24.7 Å². The summed E-state index contributed by atoms with van der Waals surface area (Å²) in [5.74, 6) is -0.401. The number of amides is 2. The van der Waals surface area contributed by atoms with Crippen molar-refractivity contribution in [3.05, 3.63) is 65.7 Å². The molecule has 1 unspecified atom stereocenters. The zero-order chi connectivity index (χ0) is 17.6. The number of carbonyl (C=O) groups is 2. The quantitative estimate of drug-likeness (QED) is 0.822. The fourth-order valence-corrected chi connectivity index (χ4v) is 3.21. The zero-order valence-corrected chi connectivity index (χ0v) is 14.3. The molecule has 0 spiro atoms. The minimum absolute atomic E-state index is 0.101. The van der Waals surface area contributed by atoms with Crippen molar-refractivity contribution in [2.45, 2.75) is 19.3 Å². The molecule has 25 heavy (non-hydrogen) atoms. The van der Waals surface area contributed by atoms with Gasteiger partial charge in [-0.25, -0.2) is 4.79 Å². The first-order valence-electron chi connectivity index (χ1n) is 8.55. The van der Waals surface area contributed by atoms with E-state index in [2.05, 4.69) is 5.32 Å². The topological polar surface area (TPSA) is 58.6 Å². The number of rotatable bonds is 6. The molecule has 5 heteroatoms. The molecule has 5 nitrogen and oxygen atoms in total. The Labute approximate surface area is 147 Å². The third kappa shape index (κ3) is 3.82. The minimum Gasteiger partial charge on any atom is -0.466 e. The molecule has 1 saturated heterocycles. The molecule has 1 fully saturated rings. The van der Waals surface area contributed by atoms with Gasteiger partial charge in [-0.05, 0) is 24.1 Å². The molecule has 1 atom stereocenters. The number of hydrogen-bond donors (Lipinski definition) is 1. The molecule has 0 bridgehead atoms. The molecule has 3 rings (SSSR count). The Hall–Kier alpha value is -2.82. The van der Waals surface area contributed by atoms with E-state index >= 15 is 0 Å². The smallest absolute Gasteiger partial charge is 0.322 e. The standard InChI is InChI=1S/C20H22N2O3/c1-2-25-19(23)14-17(15-8-4-3-5-9-15)16-10-6-7-11-18(16)22-13-12-21-20(22)24/h3-11,17H,2,12-14H2,1H3,(H,21,24). The predicted octanol–water partition coefficient (Wildman–Crippen LogP) is 3.30. The molecule has 0 aromatic heterocycles. The Morgan fingerprint density at radius 3 is 2.56 bits per heavy atom. The van der Waals surface area contributed by atoms with Gasteiger partial charge in [-0.2, -0.15) is 0 Å². The normalized spacial score (nSPS) is 14.9. The van der Waals surface area contributed by atoms with Gasteiger partial charge >= 0.3 is 12.0 Å². The summed E-state index contributed by atoms with van der Waals surface area (Å²) in [6.45, 7) is 3.41. The lowest BCUT2D eigenvalue weighted by atomic mass is 9.87. The van der Waals surface area contributed by atoms with Crippen LogP contribution in [0.2, 0.25) is 0 Å². The highest BCUT2D eigenvalue weighted by atomic mass is 16.5. The molecule has 0 radical (unpaired) electrons. The lowest BCUT2D eigenvalue weighted by molar-refractivity contribution is -0.143. The van der Waals surface area contributed by atoms with E-state index in [9.17, 15) is 9.59 Å². The monoisotopic (exact) mass is 338 g/mol. The fraction of sp³-hybridized carbons (Fsp3) is 0.300. The third-order valence-electron chi connectivity index (χ3n) is 4.34. The number of nitrogens with one attached hydrogen (secondary N) is 1. The number of esters is 1. The third-order valence-corrected chi connectivity index (χ3v) is 4.34. The maximum atomic E-state index is 12.2. The highest BCUT2D eigenvalue weighted by Gasteiger charge is 2.28. The molecule has 2 aromatic carbocycles. The van der Waals surface area contributed by atoms with Crippen molar-refractivity contribution in [3.63, 3.8) is 0 Å². The van der Waals surface area contributed by atoms with Gasteiger partial charge in [-0.15, -0.1) is 0 Å². The molecule has 2 amide bonds. The average molecular weight is 338 g/mol. The highest BCUT2D eigenvalue weighted by molar-refractivity contribution is 5.95. The molecule has 1 heterocycles. The van der Waals surface area contributed by atoms with E-state index in [-0.39, 0.29) is 24.3 Å². The van der Waals surface area contributed by atoms with Crippen molar-refractivity contribution in [2.75, 3.05) is 24.6 Å². The van der Waals surface area contributed by atoms with Crippen LogP contribution < -0.4 is 10.2 Å². The van der Waals surface area contributed by atoms with Crippen molar-refractivity contribution < 1.29 is 14.3 Å². The summed E-state index contributed by atoms with van der Waals surface area (Å²) in [7, 11) is 0. The summed E-state index contributed by atoms with van der Waals surface area (Å²) < 4.78 is 5.17. The van der Waals surface area contributed by atoms with Crippen LogP contribution in [-0.4, -0.2) is 31.7 Å². The predicted molar refractivity (Wildman–Crippen MR) is 96.7 cm³/mol. The van der Waals surface area contributed by atoms with Gasteiger partial charge in [0.05, 0.1) is 13.0 Å². The van der Waals surface area contributed by atoms with Crippen molar-refractivity contribution in [2.24, 2.45) is 0 Å². The van der Waals surface area contributed by atoms with Gasteiger partial charge in [0.1, 0.15) is 0 Å². The summed E-state index contributed by atoms with van der Waals surface area (Å²) in [6.07, 6.45) is 0.240. The summed E-state index contributed by atoms with van der Waals surface area (Å²) in [5.41, 5.74) is 2.83. The SMILES string of the molecule is CCOC(=O)CC(c1ccccc1)c1ccccc1N1CCNC1=O. The average Bonchev–Trinajstić information content (AvgIpc) is 3.06. The van der Waals surface area contributed by atoms with E-state index < -0.39 is 0 Å². The van der Waals surface area contributed by atoms with Crippen molar-refractivity contribution in [1.29, 1.82) is 0 Å².